The molecule has 0 aliphatic carbocycles. The van der Waals surface area contributed by atoms with E-state index in [1.807, 2.05) is 0 Å². The van der Waals surface area contributed by atoms with E-state index in [4.69, 9.17) is 9.47 Å². The number of hydrogen-bond donors (Lipinski definition) is 8. The van der Waals surface area contributed by atoms with Crippen LogP contribution < -0.4 is 5.32 Å². The zero-order valence-electron chi connectivity index (χ0n) is 41.7. The summed E-state index contributed by atoms with van der Waals surface area (Å²) in [7, 11) is 0. The molecule has 11 heteroatoms. The van der Waals surface area contributed by atoms with Crippen molar-refractivity contribution in [2.45, 2.75) is 300 Å². The Hall–Kier alpha value is -1.41. The second-order valence-electron chi connectivity index (χ2n) is 19.3. The highest BCUT2D eigenvalue weighted by molar-refractivity contribution is 5.80. The Bertz CT molecular complexity index is 1110. The molecule has 1 heterocycles. The van der Waals surface area contributed by atoms with Gasteiger partial charge in [0.1, 0.15) is 36.6 Å². The molecule has 0 saturated carbocycles. The number of amides is 1. The van der Waals surface area contributed by atoms with Crippen LogP contribution in [0, 0.1) is 0 Å². The first-order chi connectivity index (χ1) is 31.7. The molecule has 0 aromatic heterocycles. The molecule has 1 amide bonds. The minimum Gasteiger partial charge on any atom is -0.394 e. The summed E-state index contributed by atoms with van der Waals surface area (Å²) in [6.45, 7) is 3.41. The maximum atomic E-state index is 13.1. The van der Waals surface area contributed by atoms with Crippen LogP contribution in [-0.2, 0) is 14.3 Å². The third-order valence-corrected chi connectivity index (χ3v) is 13.2. The fraction of sp³-hybridized carbons (Fsp3) is 0.907. The van der Waals surface area contributed by atoms with Crippen molar-refractivity contribution in [2.75, 3.05) is 13.2 Å². The zero-order chi connectivity index (χ0) is 47.6. The fourth-order valence-corrected chi connectivity index (χ4v) is 8.75. The number of carbonyl (C=O) groups is 1. The molecule has 1 fully saturated rings. The maximum absolute atomic E-state index is 13.1. The molecule has 11 nitrogen and oxygen atoms in total. The van der Waals surface area contributed by atoms with E-state index in [0.29, 0.717) is 19.3 Å². The Morgan fingerprint density at radius 3 is 1.37 bits per heavy atom. The lowest BCUT2D eigenvalue weighted by Crippen LogP contribution is -2.60. The number of aliphatic hydroxyl groups is 7. The lowest BCUT2D eigenvalue weighted by Gasteiger charge is -2.40. The Labute approximate surface area is 397 Å². The van der Waals surface area contributed by atoms with E-state index < -0.39 is 74.2 Å². The van der Waals surface area contributed by atoms with Crippen molar-refractivity contribution >= 4 is 5.91 Å². The highest BCUT2D eigenvalue weighted by Gasteiger charge is 2.44. The summed E-state index contributed by atoms with van der Waals surface area (Å²) in [6.07, 6.45) is 39.7. The molecular weight excluding hydrogens is 823 g/mol. The van der Waals surface area contributed by atoms with E-state index >= 15 is 0 Å². The summed E-state index contributed by atoms with van der Waals surface area (Å²) in [4.78, 5) is 13.1. The summed E-state index contributed by atoms with van der Waals surface area (Å²) in [6, 6.07) is -1.19. The third kappa shape index (κ3) is 32.9. The first-order valence-corrected chi connectivity index (χ1v) is 27.2. The van der Waals surface area contributed by atoms with Gasteiger partial charge in [-0.15, -0.1) is 0 Å². The van der Waals surface area contributed by atoms with Crippen LogP contribution in [0.2, 0.25) is 0 Å². The number of aliphatic hydroxyl groups excluding tert-OH is 7. The van der Waals surface area contributed by atoms with Gasteiger partial charge in [0.2, 0.25) is 5.91 Å². The quantitative estimate of drug-likeness (QED) is 0.0216. The van der Waals surface area contributed by atoms with Gasteiger partial charge >= 0.3 is 0 Å². The molecule has 0 bridgehead atoms. The smallest absolute Gasteiger partial charge is 0.249 e. The Kier molecular flexibility index (Phi) is 41.6. The molecule has 384 valence electrons. The van der Waals surface area contributed by atoms with Gasteiger partial charge in [0.25, 0.3) is 0 Å². The van der Waals surface area contributed by atoms with Crippen LogP contribution in [-0.4, -0.2) is 110 Å². The molecule has 1 aliphatic rings. The van der Waals surface area contributed by atoms with E-state index in [-0.39, 0.29) is 12.8 Å². The monoisotopic (exact) mass is 926 g/mol. The molecule has 1 rings (SSSR count). The van der Waals surface area contributed by atoms with E-state index in [1.54, 1.807) is 0 Å². The molecule has 9 unspecified atom stereocenters. The third-order valence-electron chi connectivity index (χ3n) is 13.2. The van der Waals surface area contributed by atoms with E-state index in [1.165, 1.54) is 161 Å². The van der Waals surface area contributed by atoms with Gasteiger partial charge in [-0.25, -0.2) is 0 Å². The molecule has 0 aromatic carbocycles. The lowest BCUT2D eigenvalue weighted by atomic mass is 9.98. The standard InChI is InChI=1S/C54H103NO10/c1-3-5-7-9-11-13-15-17-18-19-20-21-22-23-24-25-26-27-28-29-30-32-34-36-38-40-42-47(58)53(63)55-45(44-64-54-52(62)51(61)50(60)48(43-56)65-54)49(59)46(57)41-39-37-35-33-31-16-14-12-10-8-6-4-2/h12,14,33,35,45-52,54,56-62H,3-11,13,15-32,34,36-44H2,1-2H3,(H,55,63)/b14-12+,35-33+. The molecule has 1 saturated heterocycles. The van der Waals surface area contributed by atoms with Gasteiger partial charge in [-0.2, -0.15) is 0 Å². The molecule has 65 heavy (non-hydrogen) atoms. The summed E-state index contributed by atoms with van der Waals surface area (Å²) in [5, 5.41) is 75.8. The van der Waals surface area contributed by atoms with Crippen molar-refractivity contribution in [3.8, 4) is 0 Å². The van der Waals surface area contributed by atoms with Gasteiger partial charge in [-0.05, 0) is 51.4 Å². The number of nitrogens with one attached hydrogen (secondary N) is 1. The minimum absolute atomic E-state index is 0.247. The van der Waals surface area contributed by atoms with Crippen molar-refractivity contribution in [1.82, 2.24) is 5.32 Å². The van der Waals surface area contributed by atoms with Gasteiger partial charge in [0.15, 0.2) is 6.29 Å². The summed E-state index contributed by atoms with van der Waals surface area (Å²) in [5.41, 5.74) is 0. The number of unbranched alkanes of at least 4 members (excludes halogenated alkanes) is 30. The van der Waals surface area contributed by atoms with Crippen molar-refractivity contribution in [3.05, 3.63) is 24.3 Å². The summed E-state index contributed by atoms with van der Waals surface area (Å²) >= 11 is 0. The number of ether oxygens (including phenoxy) is 2. The van der Waals surface area contributed by atoms with Gasteiger partial charge in [0, 0.05) is 0 Å². The molecule has 0 aromatic rings. The normalized spacial score (nSPS) is 21.0. The average molecular weight is 926 g/mol. The van der Waals surface area contributed by atoms with Crippen molar-refractivity contribution < 1.29 is 50.0 Å². The largest absolute Gasteiger partial charge is 0.394 e. The highest BCUT2D eigenvalue weighted by atomic mass is 16.7. The predicted octanol–water partition coefficient (Wildman–Crippen LogP) is 10.6. The van der Waals surface area contributed by atoms with Crippen LogP contribution in [0.4, 0.5) is 0 Å². The zero-order valence-corrected chi connectivity index (χ0v) is 41.7. The average Bonchev–Trinajstić information content (AvgIpc) is 3.31. The first-order valence-electron chi connectivity index (χ1n) is 27.2. The molecule has 8 N–H and O–H groups in total. The van der Waals surface area contributed by atoms with E-state index in [0.717, 1.165) is 38.5 Å². The number of rotatable bonds is 46. The number of carbonyl (C=O) groups excluding carboxylic acids is 1. The minimum atomic E-state index is -1.67. The number of hydrogen-bond acceptors (Lipinski definition) is 10. The lowest BCUT2D eigenvalue weighted by molar-refractivity contribution is -0.303. The van der Waals surface area contributed by atoms with Crippen LogP contribution in [0.15, 0.2) is 24.3 Å². The Morgan fingerprint density at radius 2 is 0.923 bits per heavy atom. The Balaban J connectivity index is 2.28. The second-order valence-corrected chi connectivity index (χ2v) is 19.3. The first kappa shape index (κ1) is 61.6. The van der Waals surface area contributed by atoms with Gasteiger partial charge in [-0.3, -0.25) is 4.79 Å². The van der Waals surface area contributed by atoms with Crippen LogP contribution in [0.5, 0.6) is 0 Å². The molecule has 9 atom stereocenters. The highest BCUT2D eigenvalue weighted by Crippen LogP contribution is 2.23. The second kappa shape index (κ2) is 43.8. The van der Waals surface area contributed by atoms with Crippen LogP contribution >= 0.6 is 0 Å². The van der Waals surface area contributed by atoms with E-state index in [2.05, 4.69) is 43.5 Å². The number of allylic oxidation sites excluding steroid dienone is 4. The van der Waals surface area contributed by atoms with Crippen molar-refractivity contribution in [1.29, 1.82) is 0 Å². The van der Waals surface area contributed by atoms with Crippen LogP contribution in [0.1, 0.15) is 245 Å². The maximum Gasteiger partial charge on any atom is 0.249 e. The molecule has 1 aliphatic heterocycles. The molecule has 0 spiro atoms. The molecular formula is C54H103NO10. The van der Waals surface area contributed by atoms with E-state index in [9.17, 15) is 40.5 Å². The van der Waals surface area contributed by atoms with Gasteiger partial charge in [0.05, 0.1) is 25.4 Å². The van der Waals surface area contributed by atoms with Crippen LogP contribution in [0.25, 0.3) is 0 Å². The topological polar surface area (TPSA) is 189 Å². The Morgan fingerprint density at radius 1 is 0.523 bits per heavy atom. The van der Waals surface area contributed by atoms with Gasteiger partial charge in [-0.1, -0.05) is 218 Å². The van der Waals surface area contributed by atoms with Crippen molar-refractivity contribution in [2.24, 2.45) is 0 Å². The predicted molar refractivity (Wildman–Crippen MR) is 266 cm³/mol. The fourth-order valence-electron chi connectivity index (χ4n) is 8.75. The summed E-state index contributed by atoms with van der Waals surface area (Å²) in [5.74, 6) is -0.708. The van der Waals surface area contributed by atoms with Gasteiger partial charge < -0.3 is 50.5 Å². The SMILES string of the molecule is CCCCC/C=C/CC/C=C/CCCC(O)C(O)C(COC1OC(CO)C(O)C(O)C1O)NC(=O)C(O)CCCCCCCCCCCCCCCCCCCCCCCCCCCC. The van der Waals surface area contributed by atoms with Crippen LogP contribution in [0.3, 0.4) is 0 Å². The summed E-state index contributed by atoms with van der Waals surface area (Å²) < 4.78 is 11.1. The molecule has 0 radical (unpaired) electrons. The van der Waals surface area contributed by atoms with Crippen molar-refractivity contribution in [3.63, 3.8) is 0 Å².